The van der Waals surface area contributed by atoms with E-state index in [9.17, 15) is 4.79 Å². The van der Waals surface area contributed by atoms with Gasteiger partial charge in [0.25, 0.3) is 5.89 Å². The Morgan fingerprint density at radius 2 is 2.04 bits per heavy atom. The summed E-state index contributed by atoms with van der Waals surface area (Å²) in [6.07, 6.45) is 0.908. The molecule has 0 radical (unpaired) electrons. The van der Waals surface area contributed by atoms with E-state index in [1.54, 1.807) is 7.11 Å². The van der Waals surface area contributed by atoms with Crippen LogP contribution in [0.25, 0.3) is 11.5 Å². The lowest BCUT2D eigenvalue weighted by atomic mass is 9.99. The van der Waals surface area contributed by atoms with E-state index < -0.39 is 5.76 Å². The molecule has 1 atom stereocenters. The molecule has 0 saturated carbocycles. The van der Waals surface area contributed by atoms with Crippen LogP contribution in [0, 0.1) is 20.8 Å². The number of likely N-dealkylation sites (N-methyl/N-ethyl adjacent to an activating group) is 1. The lowest BCUT2D eigenvalue weighted by molar-refractivity contribution is 0.368. The van der Waals surface area contributed by atoms with Crippen LogP contribution < -0.4 is 10.5 Å². The number of benzene rings is 1. The molecule has 1 saturated heterocycles. The highest BCUT2D eigenvalue weighted by Crippen LogP contribution is 2.35. The minimum absolute atomic E-state index is 0.0728. The van der Waals surface area contributed by atoms with E-state index in [0.29, 0.717) is 11.6 Å². The first-order valence-electron chi connectivity index (χ1n) is 7.85. The van der Waals surface area contributed by atoms with Gasteiger partial charge in [-0.3, -0.25) is 0 Å². The van der Waals surface area contributed by atoms with Crippen LogP contribution in [0.3, 0.4) is 0 Å². The van der Waals surface area contributed by atoms with Crippen molar-refractivity contribution in [3.63, 3.8) is 0 Å². The summed E-state index contributed by atoms with van der Waals surface area (Å²) in [5.74, 6) is 0.635. The van der Waals surface area contributed by atoms with Crippen LogP contribution >= 0.6 is 0 Å². The number of hydrogen-bond acceptors (Lipinski definition) is 5. The Bertz CT molecular complexity index is 791. The van der Waals surface area contributed by atoms with Crippen LogP contribution in [-0.4, -0.2) is 41.9 Å². The molecule has 3 rings (SSSR count). The highest BCUT2D eigenvalue weighted by atomic mass is 16.5. The third kappa shape index (κ3) is 2.67. The van der Waals surface area contributed by atoms with Gasteiger partial charge in [0.2, 0.25) is 0 Å². The van der Waals surface area contributed by atoms with Gasteiger partial charge in [-0.05, 0) is 57.0 Å². The van der Waals surface area contributed by atoms with Crippen LogP contribution in [0.5, 0.6) is 5.75 Å². The van der Waals surface area contributed by atoms with Crippen molar-refractivity contribution in [2.24, 2.45) is 0 Å². The second-order valence-electron chi connectivity index (χ2n) is 6.35. The Morgan fingerprint density at radius 1 is 1.30 bits per heavy atom. The number of nitrogens with zero attached hydrogens (tertiary/aromatic N) is 3. The van der Waals surface area contributed by atoms with Gasteiger partial charge in [0, 0.05) is 13.1 Å². The fourth-order valence-corrected chi connectivity index (χ4v) is 3.22. The summed E-state index contributed by atoms with van der Waals surface area (Å²) >= 11 is 0. The van der Waals surface area contributed by atoms with Gasteiger partial charge in [0.1, 0.15) is 5.75 Å². The summed E-state index contributed by atoms with van der Waals surface area (Å²) in [7, 11) is 3.67. The first-order chi connectivity index (χ1) is 10.9. The van der Waals surface area contributed by atoms with E-state index >= 15 is 0 Å². The van der Waals surface area contributed by atoms with Crippen molar-refractivity contribution in [3.05, 3.63) is 33.3 Å². The molecule has 1 aromatic carbocycles. The maximum absolute atomic E-state index is 12.2. The second-order valence-corrected chi connectivity index (χ2v) is 6.35. The van der Waals surface area contributed by atoms with Gasteiger partial charge in [-0.25, -0.2) is 4.79 Å². The minimum atomic E-state index is -0.404. The molecule has 0 aliphatic carbocycles. The zero-order valence-corrected chi connectivity index (χ0v) is 14.3. The first kappa shape index (κ1) is 15.8. The molecule has 0 spiro atoms. The molecule has 2 heterocycles. The Labute approximate surface area is 135 Å². The molecular weight excluding hydrogens is 294 g/mol. The minimum Gasteiger partial charge on any atom is -0.496 e. The zero-order valence-electron chi connectivity index (χ0n) is 14.3. The molecule has 0 bridgehead atoms. The Morgan fingerprint density at radius 3 is 2.65 bits per heavy atom. The van der Waals surface area contributed by atoms with E-state index in [4.69, 9.17) is 9.15 Å². The Kier molecular flexibility index (Phi) is 4.02. The molecule has 6 nitrogen and oxygen atoms in total. The number of aryl methyl sites for hydroxylation is 1. The molecule has 1 fully saturated rings. The topological polar surface area (TPSA) is 60.5 Å². The number of methoxy groups -OCH3 is 1. The van der Waals surface area contributed by atoms with Gasteiger partial charge in [-0.15, -0.1) is 5.10 Å². The lowest BCUT2D eigenvalue weighted by Crippen LogP contribution is -2.24. The molecule has 0 N–H and O–H groups in total. The van der Waals surface area contributed by atoms with Crippen molar-refractivity contribution in [3.8, 4) is 17.2 Å². The zero-order chi connectivity index (χ0) is 16.7. The second kappa shape index (κ2) is 5.85. The van der Waals surface area contributed by atoms with Crippen molar-refractivity contribution in [1.29, 1.82) is 0 Å². The molecule has 6 heteroatoms. The third-order valence-electron chi connectivity index (χ3n) is 4.82. The number of aromatic nitrogens is 2. The molecule has 1 aliphatic heterocycles. The van der Waals surface area contributed by atoms with Crippen LogP contribution in [0.15, 0.2) is 15.3 Å². The smallest absolute Gasteiger partial charge is 0.437 e. The van der Waals surface area contributed by atoms with E-state index in [-0.39, 0.29) is 6.04 Å². The van der Waals surface area contributed by atoms with Crippen molar-refractivity contribution in [2.75, 3.05) is 27.2 Å². The van der Waals surface area contributed by atoms with Gasteiger partial charge >= 0.3 is 5.76 Å². The Hall–Kier alpha value is -2.08. The van der Waals surface area contributed by atoms with Crippen molar-refractivity contribution < 1.29 is 9.15 Å². The Balaban J connectivity index is 2.08. The SMILES string of the molecule is COc1c(-c2nn(C3CCN(C)C3)c(=O)o2)cc(C)c(C)c1C. The third-order valence-corrected chi connectivity index (χ3v) is 4.82. The molecule has 23 heavy (non-hydrogen) atoms. The average Bonchev–Trinajstić information content (AvgIpc) is 3.10. The predicted octanol–water partition coefficient (Wildman–Crippen LogP) is 2.31. The predicted molar refractivity (Wildman–Crippen MR) is 88.1 cm³/mol. The van der Waals surface area contributed by atoms with Crippen LogP contribution in [0.4, 0.5) is 0 Å². The van der Waals surface area contributed by atoms with E-state index in [1.165, 1.54) is 10.2 Å². The highest BCUT2D eigenvalue weighted by Gasteiger charge is 2.26. The standard InChI is InChI=1S/C17H23N3O3/c1-10-8-14(15(22-5)12(3)11(10)2)16-18-20(17(21)23-16)13-6-7-19(4)9-13/h8,13H,6-7,9H2,1-5H3. The first-order valence-corrected chi connectivity index (χ1v) is 7.85. The van der Waals surface area contributed by atoms with Crippen LogP contribution in [-0.2, 0) is 0 Å². The summed E-state index contributed by atoms with van der Waals surface area (Å²) in [5, 5.41) is 4.45. The van der Waals surface area contributed by atoms with Crippen molar-refractivity contribution in [1.82, 2.24) is 14.7 Å². The normalized spacial score (nSPS) is 18.6. The molecule has 124 valence electrons. The van der Waals surface area contributed by atoms with Crippen LogP contribution in [0.1, 0.15) is 29.2 Å². The molecule has 1 aliphatic rings. The fraction of sp³-hybridized carbons (Fsp3) is 0.529. The van der Waals surface area contributed by atoms with Gasteiger partial charge in [-0.1, -0.05) is 0 Å². The molecular formula is C17H23N3O3. The summed E-state index contributed by atoms with van der Waals surface area (Å²) < 4.78 is 12.5. The maximum atomic E-state index is 12.2. The van der Waals surface area contributed by atoms with Crippen molar-refractivity contribution >= 4 is 0 Å². The largest absolute Gasteiger partial charge is 0.496 e. The van der Waals surface area contributed by atoms with E-state index in [1.807, 2.05) is 27.0 Å². The van der Waals surface area contributed by atoms with Gasteiger partial charge in [0.15, 0.2) is 0 Å². The maximum Gasteiger partial charge on any atom is 0.437 e. The average molecular weight is 317 g/mol. The molecule has 0 amide bonds. The number of ether oxygens (including phenoxy) is 1. The molecule has 1 aromatic heterocycles. The summed E-state index contributed by atoms with van der Waals surface area (Å²) in [4.78, 5) is 14.4. The van der Waals surface area contributed by atoms with Gasteiger partial charge in [0.05, 0.1) is 18.7 Å². The van der Waals surface area contributed by atoms with E-state index in [2.05, 4.69) is 16.9 Å². The lowest BCUT2D eigenvalue weighted by Gasteiger charge is -2.13. The monoisotopic (exact) mass is 317 g/mol. The number of hydrogen-bond donors (Lipinski definition) is 0. The highest BCUT2D eigenvalue weighted by molar-refractivity contribution is 5.68. The van der Waals surface area contributed by atoms with Crippen LogP contribution in [0.2, 0.25) is 0 Å². The quantitative estimate of drug-likeness (QED) is 0.869. The van der Waals surface area contributed by atoms with E-state index in [0.717, 1.165) is 36.2 Å². The fourth-order valence-electron chi connectivity index (χ4n) is 3.22. The number of likely N-dealkylation sites (tertiary alicyclic amines) is 1. The summed E-state index contributed by atoms with van der Waals surface area (Å²) in [5.41, 5.74) is 4.07. The molecule has 2 aromatic rings. The van der Waals surface area contributed by atoms with Gasteiger partial charge in [-0.2, -0.15) is 4.68 Å². The summed E-state index contributed by atoms with van der Waals surface area (Å²) in [6.45, 7) is 7.87. The van der Waals surface area contributed by atoms with Crippen molar-refractivity contribution in [2.45, 2.75) is 33.2 Å². The summed E-state index contributed by atoms with van der Waals surface area (Å²) in [6, 6.07) is 2.04. The molecule has 1 unspecified atom stereocenters. The van der Waals surface area contributed by atoms with Gasteiger partial charge < -0.3 is 14.1 Å². The number of rotatable bonds is 3.